The molecule has 0 radical (unpaired) electrons. The van der Waals surface area contributed by atoms with Gasteiger partial charge in [0.25, 0.3) is 5.91 Å². The number of carbonyl (C=O) groups is 1. The van der Waals surface area contributed by atoms with Gasteiger partial charge in [0, 0.05) is 24.0 Å². The Balaban J connectivity index is 2.74. The van der Waals surface area contributed by atoms with Crippen molar-refractivity contribution < 1.29 is 9.53 Å². The van der Waals surface area contributed by atoms with Crippen LogP contribution in [-0.2, 0) is 0 Å². The number of hydrogen-bond donors (Lipinski definition) is 0. The maximum atomic E-state index is 12.4. The molecule has 0 fully saturated rings. The molecule has 0 saturated heterocycles. The Morgan fingerprint density at radius 2 is 2.16 bits per heavy atom. The molecule has 1 amide bonds. The molecule has 0 N–H and O–H groups in total. The van der Waals surface area contributed by atoms with E-state index in [-0.39, 0.29) is 5.91 Å². The molecule has 3 nitrogen and oxygen atoms in total. The molecule has 0 unspecified atom stereocenters. The van der Waals surface area contributed by atoms with E-state index in [1.165, 1.54) is 0 Å². The fourth-order valence-electron chi connectivity index (χ4n) is 1.78. The van der Waals surface area contributed by atoms with E-state index in [0.717, 1.165) is 37.0 Å². The van der Waals surface area contributed by atoms with E-state index < -0.39 is 0 Å². The zero-order chi connectivity index (χ0) is 14.1. The lowest BCUT2D eigenvalue weighted by Gasteiger charge is -2.20. The first kappa shape index (κ1) is 16.0. The Morgan fingerprint density at radius 1 is 1.37 bits per heavy atom. The number of halogens is 1. The first-order chi connectivity index (χ1) is 9.22. The molecule has 1 aromatic rings. The second kappa shape index (κ2) is 8.97. The third-order valence-corrected chi connectivity index (χ3v) is 3.35. The average Bonchev–Trinajstić information content (AvgIpc) is 2.46. The minimum Gasteiger partial charge on any atom is -0.494 e. The van der Waals surface area contributed by atoms with Crippen LogP contribution < -0.4 is 4.74 Å². The number of rotatable bonds is 8. The summed E-state index contributed by atoms with van der Waals surface area (Å²) in [6.45, 7) is 6.25. The Hall–Kier alpha value is -1.03. The van der Waals surface area contributed by atoms with Crippen LogP contribution in [0.1, 0.15) is 37.0 Å². The molecule has 0 heterocycles. The number of alkyl halides is 1. The summed E-state index contributed by atoms with van der Waals surface area (Å²) in [4.78, 5) is 14.2. The average molecular weight is 328 g/mol. The molecule has 0 saturated carbocycles. The molecular weight excluding hydrogens is 306 g/mol. The Morgan fingerprint density at radius 3 is 2.79 bits per heavy atom. The van der Waals surface area contributed by atoms with Gasteiger partial charge in [-0.25, -0.2) is 0 Å². The van der Waals surface area contributed by atoms with Gasteiger partial charge in [0.2, 0.25) is 0 Å². The molecule has 0 spiro atoms. The van der Waals surface area contributed by atoms with Crippen LogP contribution in [-0.4, -0.2) is 35.8 Å². The van der Waals surface area contributed by atoms with Crippen LogP contribution in [0.5, 0.6) is 5.75 Å². The fourth-order valence-corrected chi connectivity index (χ4v) is 2.03. The lowest BCUT2D eigenvalue weighted by atomic mass is 10.2. The van der Waals surface area contributed by atoms with Gasteiger partial charge in [0.15, 0.2) is 0 Å². The van der Waals surface area contributed by atoms with Crippen molar-refractivity contribution in [3.8, 4) is 5.75 Å². The van der Waals surface area contributed by atoms with Crippen LogP contribution in [0.3, 0.4) is 0 Å². The topological polar surface area (TPSA) is 29.5 Å². The van der Waals surface area contributed by atoms with Crippen LogP contribution in [0.4, 0.5) is 0 Å². The first-order valence-corrected chi connectivity index (χ1v) is 7.93. The lowest BCUT2D eigenvalue weighted by molar-refractivity contribution is 0.0764. The predicted octanol–water partition coefficient (Wildman–Crippen LogP) is 3.72. The number of ether oxygens (including phenoxy) is 1. The van der Waals surface area contributed by atoms with Gasteiger partial charge in [-0.3, -0.25) is 4.79 Å². The Bertz CT molecular complexity index is 395. The third-order valence-electron chi connectivity index (χ3n) is 2.78. The van der Waals surface area contributed by atoms with Gasteiger partial charge in [-0.15, -0.1) is 0 Å². The fraction of sp³-hybridized carbons (Fsp3) is 0.533. The van der Waals surface area contributed by atoms with Crippen LogP contribution in [0.2, 0.25) is 0 Å². The largest absolute Gasteiger partial charge is 0.494 e. The normalized spacial score (nSPS) is 10.3. The molecular formula is C15H22BrNO2. The van der Waals surface area contributed by atoms with Gasteiger partial charge in [0.05, 0.1) is 6.61 Å². The number of nitrogens with zero attached hydrogens (tertiary/aromatic N) is 1. The van der Waals surface area contributed by atoms with Gasteiger partial charge in [-0.2, -0.15) is 0 Å². The maximum absolute atomic E-state index is 12.4. The highest BCUT2D eigenvalue weighted by atomic mass is 79.9. The molecule has 0 aliphatic carbocycles. The molecule has 19 heavy (non-hydrogen) atoms. The Labute approximate surface area is 124 Å². The molecule has 0 aliphatic rings. The smallest absolute Gasteiger partial charge is 0.253 e. The maximum Gasteiger partial charge on any atom is 0.253 e. The zero-order valence-electron chi connectivity index (χ0n) is 11.7. The second-order valence-electron chi connectivity index (χ2n) is 4.30. The molecule has 0 atom stereocenters. The van der Waals surface area contributed by atoms with Gasteiger partial charge in [-0.05, 0) is 38.0 Å². The highest BCUT2D eigenvalue weighted by Gasteiger charge is 2.14. The van der Waals surface area contributed by atoms with Crippen molar-refractivity contribution in [3.05, 3.63) is 29.8 Å². The summed E-state index contributed by atoms with van der Waals surface area (Å²) in [6.07, 6.45) is 1.93. The lowest BCUT2D eigenvalue weighted by Crippen LogP contribution is -2.31. The minimum atomic E-state index is 0.0744. The van der Waals surface area contributed by atoms with Crippen molar-refractivity contribution in [2.75, 3.05) is 25.0 Å². The van der Waals surface area contributed by atoms with Crippen molar-refractivity contribution in [3.63, 3.8) is 0 Å². The van der Waals surface area contributed by atoms with E-state index >= 15 is 0 Å². The monoisotopic (exact) mass is 327 g/mol. The SMILES string of the molecule is CCCOc1cccc(C(=O)N(CC)CCCBr)c1. The van der Waals surface area contributed by atoms with Crippen molar-refractivity contribution >= 4 is 21.8 Å². The van der Waals surface area contributed by atoms with E-state index in [0.29, 0.717) is 12.2 Å². The van der Waals surface area contributed by atoms with Gasteiger partial charge in [0.1, 0.15) is 5.75 Å². The van der Waals surface area contributed by atoms with E-state index in [4.69, 9.17) is 4.74 Å². The first-order valence-electron chi connectivity index (χ1n) is 6.81. The molecule has 0 bridgehead atoms. The van der Waals surface area contributed by atoms with Gasteiger partial charge < -0.3 is 9.64 Å². The molecule has 4 heteroatoms. The zero-order valence-corrected chi connectivity index (χ0v) is 13.3. The van der Waals surface area contributed by atoms with Crippen LogP contribution in [0.25, 0.3) is 0 Å². The standard InChI is InChI=1S/C15H22BrNO2/c1-3-11-19-14-8-5-7-13(12-14)15(18)17(4-2)10-6-9-16/h5,7-8,12H,3-4,6,9-11H2,1-2H3. The van der Waals surface area contributed by atoms with Crippen LogP contribution in [0, 0.1) is 0 Å². The summed E-state index contributed by atoms with van der Waals surface area (Å²) in [5.74, 6) is 0.842. The van der Waals surface area contributed by atoms with Gasteiger partial charge in [-0.1, -0.05) is 28.9 Å². The van der Waals surface area contributed by atoms with Gasteiger partial charge >= 0.3 is 0 Å². The minimum absolute atomic E-state index is 0.0744. The summed E-state index contributed by atoms with van der Waals surface area (Å²) in [5.41, 5.74) is 0.699. The molecule has 0 aliphatic heterocycles. The van der Waals surface area contributed by atoms with E-state index in [1.54, 1.807) is 0 Å². The summed E-state index contributed by atoms with van der Waals surface area (Å²) in [5, 5.41) is 0.913. The molecule has 0 aromatic heterocycles. The second-order valence-corrected chi connectivity index (χ2v) is 5.10. The number of carbonyl (C=O) groups excluding carboxylic acids is 1. The quantitative estimate of drug-likeness (QED) is 0.681. The van der Waals surface area contributed by atoms with Crippen LogP contribution >= 0.6 is 15.9 Å². The van der Waals surface area contributed by atoms with E-state index in [9.17, 15) is 4.79 Å². The highest BCUT2D eigenvalue weighted by Crippen LogP contribution is 2.15. The molecule has 1 rings (SSSR count). The van der Waals surface area contributed by atoms with Crippen molar-refractivity contribution in [2.24, 2.45) is 0 Å². The molecule has 106 valence electrons. The number of benzene rings is 1. The number of hydrogen-bond acceptors (Lipinski definition) is 2. The summed E-state index contributed by atoms with van der Waals surface area (Å²) < 4.78 is 5.56. The number of amides is 1. The predicted molar refractivity (Wildman–Crippen MR) is 82.2 cm³/mol. The summed E-state index contributed by atoms with van der Waals surface area (Å²) in [6, 6.07) is 7.44. The summed E-state index contributed by atoms with van der Waals surface area (Å²) >= 11 is 3.39. The van der Waals surface area contributed by atoms with Crippen molar-refractivity contribution in [2.45, 2.75) is 26.7 Å². The summed E-state index contributed by atoms with van der Waals surface area (Å²) in [7, 11) is 0. The van der Waals surface area contributed by atoms with Crippen molar-refractivity contribution in [1.82, 2.24) is 4.90 Å². The van der Waals surface area contributed by atoms with E-state index in [1.807, 2.05) is 36.1 Å². The highest BCUT2D eigenvalue weighted by molar-refractivity contribution is 9.09. The molecule has 1 aromatic carbocycles. The van der Waals surface area contributed by atoms with E-state index in [2.05, 4.69) is 22.9 Å². The Kier molecular flexibility index (Phi) is 7.56. The van der Waals surface area contributed by atoms with Crippen molar-refractivity contribution in [1.29, 1.82) is 0 Å². The van der Waals surface area contributed by atoms with Crippen LogP contribution in [0.15, 0.2) is 24.3 Å². The third kappa shape index (κ3) is 5.23.